The molecule has 0 aromatic rings. The van der Waals surface area contributed by atoms with Crippen molar-refractivity contribution in [1.82, 2.24) is 0 Å². The quantitative estimate of drug-likeness (QED) is 0.529. The van der Waals surface area contributed by atoms with Crippen molar-refractivity contribution in [2.24, 2.45) is 34.5 Å². The topological polar surface area (TPSA) is 0 Å². The number of rotatable bonds is 0. The lowest BCUT2D eigenvalue weighted by Gasteiger charge is -2.60. The summed E-state index contributed by atoms with van der Waals surface area (Å²) in [6.07, 6.45) is 17.8. The van der Waals surface area contributed by atoms with Gasteiger partial charge in [-0.15, -0.1) is 0 Å². The van der Waals surface area contributed by atoms with Crippen molar-refractivity contribution in [3.05, 3.63) is 6.42 Å². The van der Waals surface area contributed by atoms with Gasteiger partial charge in [0.25, 0.3) is 0 Å². The molecule has 0 nitrogen and oxygen atoms in total. The monoisotopic (exact) mass is 259 g/mol. The van der Waals surface area contributed by atoms with Gasteiger partial charge in [-0.2, -0.15) is 0 Å². The van der Waals surface area contributed by atoms with Crippen molar-refractivity contribution in [2.75, 3.05) is 0 Å². The number of fused-ring (bicyclic) bond motifs is 5. The van der Waals surface area contributed by atoms with Crippen LogP contribution in [-0.2, 0) is 0 Å². The lowest BCUT2D eigenvalue weighted by atomic mass is 9.45. The SMILES string of the molecule is C[C@@]12CCC[C@H]1[C@@H]1CCC3C[CH]CC[C@]3(C)[C@H]1CC2. The van der Waals surface area contributed by atoms with Crippen LogP contribution in [0.15, 0.2) is 0 Å². The van der Waals surface area contributed by atoms with Gasteiger partial charge < -0.3 is 0 Å². The average molecular weight is 259 g/mol. The van der Waals surface area contributed by atoms with Crippen molar-refractivity contribution >= 4 is 0 Å². The first-order chi connectivity index (χ1) is 9.13. The predicted molar refractivity (Wildman–Crippen MR) is 80.6 cm³/mol. The highest BCUT2D eigenvalue weighted by atomic mass is 14.6. The normalized spacial score (nSPS) is 57.2. The van der Waals surface area contributed by atoms with Gasteiger partial charge in [0.2, 0.25) is 0 Å². The second kappa shape index (κ2) is 4.25. The zero-order valence-electron chi connectivity index (χ0n) is 13.0. The summed E-state index contributed by atoms with van der Waals surface area (Å²) in [5.74, 6) is 4.31. The Hall–Kier alpha value is 0. The Bertz CT molecular complexity index is 359. The molecule has 4 aliphatic carbocycles. The van der Waals surface area contributed by atoms with Crippen LogP contribution in [-0.4, -0.2) is 0 Å². The zero-order chi connectivity index (χ0) is 13.1. The molecule has 4 aliphatic rings. The maximum Gasteiger partial charge on any atom is -0.0266 e. The van der Waals surface area contributed by atoms with E-state index in [9.17, 15) is 0 Å². The molecule has 0 N–H and O–H groups in total. The summed E-state index contributed by atoms with van der Waals surface area (Å²) < 4.78 is 0. The van der Waals surface area contributed by atoms with Crippen molar-refractivity contribution in [1.29, 1.82) is 0 Å². The van der Waals surface area contributed by atoms with Crippen LogP contribution in [0.2, 0.25) is 0 Å². The Morgan fingerprint density at radius 2 is 1.79 bits per heavy atom. The van der Waals surface area contributed by atoms with Gasteiger partial charge in [-0.25, -0.2) is 0 Å². The third-order valence-electron chi connectivity index (χ3n) is 8.18. The van der Waals surface area contributed by atoms with Crippen molar-refractivity contribution in [3.8, 4) is 0 Å². The largest absolute Gasteiger partial charge is 0.0594 e. The maximum atomic E-state index is 2.68. The lowest BCUT2D eigenvalue weighted by molar-refractivity contribution is -0.0969. The highest BCUT2D eigenvalue weighted by Gasteiger charge is 2.56. The van der Waals surface area contributed by atoms with Crippen LogP contribution < -0.4 is 0 Å². The second-order valence-electron chi connectivity index (χ2n) is 8.80. The van der Waals surface area contributed by atoms with Crippen LogP contribution in [0.25, 0.3) is 0 Å². The second-order valence-corrected chi connectivity index (χ2v) is 8.80. The molecule has 0 saturated heterocycles. The van der Waals surface area contributed by atoms with Crippen LogP contribution in [0, 0.1) is 40.9 Å². The van der Waals surface area contributed by atoms with E-state index in [1.165, 1.54) is 32.1 Å². The van der Waals surface area contributed by atoms with Gasteiger partial charge in [0.1, 0.15) is 0 Å². The summed E-state index contributed by atoms with van der Waals surface area (Å²) in [7, 11) is 0. The predicted octanol–water partition coefficient (Wildman–Crippen LogP) is 5.62. The van der Waals surface area contributed by atoms with Gasteiger partial charge in [-0.1, -0.05) is 20.3 Å². The molecule has 0 bridgehead atoms. The van der Waals surface area contributed by atoms with Gasteiger partial charge in [0.15, 0.2) is 0 Å². The van der Waals surface area contributed by atoms with Gasteiger partial charge in [0, 0.05) is 0 Å². The average Bonchev–Trinajstić information content (AvgIpc) is 2.79. The van der Waals surface area contributed by atoms with Gasteiger partial charge >= 0.3 is 0 Å². The lowest BCUT2D eigenvalue weighted by Crippen LogP contribution is -2.51. The fraction of sp³-hybridized carbons (Fsp3) is 0.947. The summed E-state index contributed by atoms with van der Waals surface area (Å²) in [5, 5.41) is 0. The van der Waals surface area contributed by atoms with E-state index in [1.807, 2.05) is 0 Å². The van der Waals surface area contributed by atoms with Gasteiger partial charge in [0.05, 0.1) is 0 Å². The van der Waals surface area contributed by atoms with Crippen molar-refractivity contribution in [3.63, 3.8) is 0 Å². The third kappa shape index (κ3) is 1.70. The van der Waals surface area contributed by atoms with E-state index in [4.69, 9.17) is 0 Å². The first-order valence-corrected chi connectivity index (χ1v) is 8.95. The van der Waals surface area contributed by atoms with E-state index in [2.05, 4.69) is 20.3 Å². The number of hydrogen-bond donors (Lipinski definition) is 0. The molecular weight excluding hydrogens is 228 g/mol. The van der Waals surface area contributed by atoms with E-state index in [-0.39, 0.29) is 0 Å². The zero-order valence-corrected chi connectivity index (χ0v) is 13.0. The van der Waals surface area contributed by atoms with Gasteiger partial charge in [-0.3, -0.25) is 0 Å². The summed E-state index contributed by atoms with van der Waals surface area (Å²) in [6.45, 7) is 5.31. The molecule has 0 aromatic heterocycles. The van der Waals surface area contributed by atoms with E-state index in [0.29, 0.717) is 5.41 Å². The van der Waals surface area contributed by atoms with Crippen LogP contribution in [0.1, 0.15) is 78.1 Å². The molecule has 0 aromatic carbocycles. The molecule has 0 spiro atoms. The highest BCUT2D eigenvalue weighted by molar-refractivity contribution is 5.07. The molecule has 4 saturated carbocycles. The molecule has 107 valence electrons. The Balaban J connectivity index is 1.64. The molecule has 19 heavy (non-hydrogen) atoms. The summed E-state index contributed by atoms with van der Waals surface area (Å²) in [5.41, 5.74) is 1.45. The molecule has 0 heteroatoms. The fourth-order valence-electron chi connectivity index (χ4n) is 7.04. The van der Waals surface area contributed by atoms with E-state index < -0.39 is 0 Å². The number of hydrogen-bond acceptors (Lipinski definition) is 0. The maximum absolute atomic E-state index is 2.68. The minimum atomic E-state index is 0.710. The molecular formula is C19H31. The Labute approximate surface area is 119 Å². The van der Waals surface area contributed by atoms with Crippen molar-refractivity contribution in [2.45, 2.75) is 78.1 Å². The molecule has 0 heterocycles. The minimum Gasteiger partial charge on any atom is -0.0594 e. The van der Waals surface area contributed by atoms with Crippen LogP contribution in [0.5, 0.6) is 0 Å². The highest BCUT2D eigenvalue weighted by Crippen LogP contribution is 2.66. The molecule has 4 fully saturated rings. The first-order valence-electron chi connectivity index (χ1n) is 8.95. The van der Waals surface area contributed by atoms with E-state index in [0.717, 1.165) is 29.1 Å². The smallest absolute Gasteiger partial charge is 0.0266 e. The minimum absolute atomic E-state index is 0.710. The molecule has 0 aliphatic heterocycles. The molecule has 6 atom stereocenters. The van der Waals surface area contributed by atoms with Crippen LogP contribution in [0.3, 0.4) is 0 Å². The molecule has 1 radical (unpaired) electrons. The first kappa shape index (κ1) is 12.7. The summed E-state index contributed by atoms with van der Waals surface area (Å²) in [6, 6.07) is 0. The molecule has 4 rings (SSSR count). The van der Waals surface area contributed by atoms with E-state index >= 15 is 0 Å². The van der Waals surface area contributed by atoms with Gasteiger partial charge in [-0.05, 0) is 98.7 Å². The Morgan fingerprint density at radius 1 is 0.895 bits per heavy atom. The standard InChI is InChI=1S/C19H31/c1-18-11-5-7-16(18)15-9-8-14-6-3-4-12-19(14,2)17(15)10-13-18/h3,14-17H,4-13H2,1-2H3/t14?,15-,16-,17-,18-,19-/m0/s1. The Kier molecular flexibility index (Phi) is 2.84. The van der Waals surface area contributed by atoms with Crippen LogP contribution >= 0.6 is 0 Å². The van der Waals surface area contributed by atoms with E-state index in [1.54, 1.807) is 32.1 Å². The molecule has 1 unspecified atom stereocenters. The third-order valence-corrected chi connectivity index (χ3v) is 8.18. The Morgan fingerprint density at radius 3 is 2.68 bits per heavy atom. The van der Waals surface area contributed by atoms with Crippen LogP contribution in [0.4, 0.5) is 0 Å². The summed E-state index contributed by atoms with van der Waals surface area (Å²) >= 11 is 0. The van der Waals surface area contributed by atoms with Crippen molar-refractivity contribution < 1.29 is 0 Å². The summed E-state index contributed by atoms with van der Waals surface area (Å²) in [4.78, 5) is 0. The fourth-order valence-corrected chi connectivity index (χ4v) is 7.04. The molecule has 0 amide bonds.